The summed E-state index contributed by atoms with van der Waals surface area (Å²) < 4.78 is 13.3. The number of nitrogens with zero attached hydrogens (tertiary/aromatic N) is 4. The lowest BCUT2D eigenvalue weighted by Crippen LogP contribution is -2.47. The van der Waals surface area contributed by atoms with Crippen LogP contribution in [0.4, 0.5) is 0 Å². The first kappa shape index (κ1) is 21.7. The van der Waals surface area contributed by atoms with Gasteiger partial charge in [-0.05, 0) is 50.1 Å². The van der Waals surface area contributed by atoms with E-state index in [0.29, 0.717) is 18.0 Å². The molecule has 0 saturated heterocycles. The largest absolute Gasteiger partial charge is 0.493 e. The second-order valence-corrected chi connectivity index (χ2v) is 7.73. The third-order valence-electron chi connectivity index (χ3n) is 5.29. The fourth-order valence-corrected chi connectivity index (χ4v) is 3.73. The zero-order valence-electron chi connectivity index (χ0n) is 18.8. The summed E-state index contributed by atoms with van der Waals surface area (Å²) >= 11 is 0. The lowest BCUT2D eigenvalue weighted by atomic mass is 10.1. The van der Waals surface area contributed by atoms with Crippen LogP contribution in [0.25, 0.3) is 0 Å². The van der Waals surface area contributed by atoms with Gasteiger partial charge in [0.05, 0.1) is 20.2 Å². The molecule has 1 aliphatic rings. The quantitative estimate of drug-likeness (QED) is 0.438. The van der Waals surface area contributed by atoms with E-state index in [-0.39, 0.29) is 6.04 Å². The predicted molar refractivity (Wildman–Crippen MR) is 124 cm³/mol. The lowest BCUT2D eigenvalue weighted by Gasteiger charge is -2.25. The molecule has 2 heterocycles. The monoisotopic (exact) mass is 434 g/mol. The molecule has 1 aliphatic heterocycles. The fraction of sp³-hybridized carbons (Fsp3) is 0.375. The van der Waals surface area contributed by atoms with E-state index in [4.69, 9.17) is 14.5 Å². The number of nitrogens with one attached hydrogen (secondary N) is 2. The van der Waals surface area contributed by atoms with Crippen LogP contribution in [0.1, 0.15) is 30.6 Å². The van der Waals surface area contributed by atoms with Gasteiger partial charge in [-0.2, -0.15) is 5.10 Å². The number of methoxy groups -OCH3 is 1. The van der Waals surface area contributed by atoms with Crippen molar-refractivity contribution in [2.45, 2.75) is 45.8 Å². The third-order valence-corrected chi connectivity index (χ3v) is 5.29. The van der Waals surface area contributed by atoms with Gasteiger partial charge in [0.2, 0.25) is 0 Å². The first-order valence-electron chi connectivity index (χ1n) is 11.0. The van der Waals surface area contributed by atoms with E-state index >= 15 is 0 Å². The first-order chi connectivity index (χ1) is 15.6. The van der Waals surface area contributed by atoms with Crippen LogP contribution in [-0.2, 0) is 19.5 Å². The molecule has 0 amide bonds. The number of aryl methyl sites for hydroxylation is 2. The molecule has 1 unspecified atom stereocenters. The van der Waals surface area contributed by atoms with Gasteiger partial charge in [-0.1, -0.05) is 24.3 Å². The van der Waals surface area contributed by atoms with E-state index in [1.165, 1.54) is 0 Å². The molecule has 8 nitrogen and oxygen atoms in total. The molecule has 0 fully saturated rings. The summed E-state index contributed by atoms with van der Waals surface area (Å²) in [5, 5.41) is 11.4. The summed E-state index contributed by atoms with van der Waals surface area (Å²) in [6.07, 6.45) is 1.93. The average Bonchev–Trinajstić information content (AvgIpc) is 3.18. The van der Waals surface area contributed by atoms with Crippen LogP contribution in [0.15, 0.2) is 53.5 Å². The summed E-state index contributed by atoms with van der Waals surface area (Å²) in [4.78, 5) is 9.25. The van der Waals surface area contributed by atoms with Crippen LogP contribution < -0.4 is 20.1 Å². The van der Waals surface area contributed by atoms with Crippen LogP contribution in [0.5, 0.6) is 17.2 Å². The molecule has 0 aliphatic carbocycles. The minimum Gasteiger partial charge on any atom is -0.493 e. The molecule has 1 aromatic heterocycles. The first-order valence-corrected chi connectivity index (χ1v) is 11.0. The molecule has 0 spiro atoms. The van der Waals surface area contributed by atoms with Gasteiger partial charge in [-0.15, -0.1) is 0 Å². The third kappa shape index (κ3) is 5.38. The molecule has 0 radical (unpaired) electrons. The number of aliphatic imine (C=N–C) groups is 1. The number of aromatic nitrogens is 3. The number of ether oxygens (including phenoxy) is 2. The maximum atomic E-state index is 5.95. The van der Waals surface area contributed by atoms with Crippen molar-refractivity contribution in [2.75, 3.05) is 13.7 Å². The lowest BCUT2D eigenvalue weighted by molar-refractivity contribution is 0.379. The van der Waals surface area contributed by atoms with Crippen LogP contribution in [-0.4, -0.2) is 40.4 Å². The van der Waals surface area contributed by atoms with E-state index in [1.54, 1.807) is 7.11 Å². The Balaban J connectivity index is 1.37. The van der Waals surface area contributed by atoms with Gasteiger partial charge < -0.3 is 20.1 Å². The van der Waals surface area contributed by atoms with Crippen molar-refractivity contribution in [3.8, 4) is 17.2 Å². The van der Waals surface area contributed by atoms with Gasteiger partial charge in [0.25, 0.3) is 0 Å². The van der Waals surface area contributed by atoms with Crippen molar-refractivity contribution in [1.82, 2.24) is 25.4 Å². The van der Waals surface area contributed by atoms with Gasteiger partial charge in [0.1, 0.15) is 17.4 Å². The van der Waals surface area contributed by atoms with E-state index in [9.17, 15) is 0 Å². The summed E-state index contributed by atoms with van der Waals surface area (Å²) in [5.74, 6) is 4.87. The maximum Gasteiger partial charge on any atom is 0.191 e. The van der Waals surface area contributed by atoms with Gasteiger partial charge in [-0.3, -0.25) is 0 Å². The number of para-hydroxylation sites is 2. The molecule has 8 heteroatoms. The molecular formula is C24H30N6O2. The van der Waals surface area contributed by atoms with Crippen LogP contribution in [0, 0.1) is 6.92 Å². The van der Waals surface area contributed by atoms with Crippen molar-refractivity contribution in [2.24, 2.45) is 4.99 Å². The zero-order valence-corrected chi connectivity index (χ0v) is 18.8. The van der Waals surface area contributed by atoms with E-state index in [1.807, 2.05) is 60.1 Å². The molecule has 4 rings (SSSR count). The molecule has 168 valence electrons. The number of fused-ring (bicyclic) bond motifs is 1. The fourth-order valence-electron chi connectivity index (χ4n) is 3.73. The van der Waals surface area contributed by atoms with Gasteiger partial charge in [0, 0.05) is 19.0 Å². The highest BCUT2D eigenvalue weighted by Gasteiger charge is 2.21. The Kier molecular flexibility index (Phi) is 6.89. The summed E-state index contributed by atoms with van der Waals surface area (Å²) in [6, 6.07) is 15.9. The maximum absolute atomic E-state index is 5.95. The highest BCUT2D eigenvalue weighted by atomic mass is 16.5. The standard InChI is InChI=1S/C24H30N6O2/c1-4-25-24(28-19-11-14-23-27-17(2)29-30(23)16-19)26-15-18-9-12-20(13-10-18)32-22-8-6-5-7-21(22)31-3/h5-10,12-13,19H,4,11,14-16H2,1-3H3,(H2,25,26,28). The molecule has 0 bridgehead atoms. The highest BCUT2D eigenvalue weighted by molar-refractivity contribution is 5.80. The highest BCUT2D eigenvalue weighted by Crippen LogP contribution is 2.30. The van der Waals surface area contributed by atoms with Crippen LogP contribution in [0.3, 0.4) is 0 Å². The average molecular weight is 435 g/mol. The minimum absolute atomic E-state index is 0.276. The number of rotatable bonds is 7. The molecule has 2 aromatic carbocycles. The van der Waals surface area contributed by atoms with Crippen molar-refractivity contribution >= 4 is 5.96 Å². The van der Waals surface area contributed by atoms with E-state index in [0.717, 1.165) is 54.9 Å². The number of benzene rings is 2. The van der Waals surface area contributed by atoms with Crippen LogP contribution in [0.2, 0.25) is 0 Å². The van der Waals surface area contributed by atoms with Crippen LogP contribution >= 0.6 is 0 Å². The molecular weight excluding hydrogens is 404 g/mol. The molecule has 32 heavy (non-hydrogen) atoms. The second-order valence-electron chi connectivity index (χ2n) is 7.73. The molecule has 0 saturated carbocycles. The van der Waals surface area contributed by atoms with Gasteiger partial charge in [-0.25, -0.2) is 14.7 Å². The van der Waals surface area contributed by atoms with E-state index in [2.05, 4.69) is 27.6 Å². The summed E-state index contributed by atoms with van der Waals surface area (Å²) in [6.45, 7) is 6.19. The molecule has 3 aromatic rings. The number of hydrogen-bond acceptors (Lipinski definition) is 5. The predicted octanol–water partition coefficient (Wildman–Crippen LogP) is 3.46. The zero-order chi connectivity index (χ0) is 22.3. The van der Waals surface area contributed by atoms with Crippen molar-refractivity contribution in [3.63, 3.8) is 0 Å². The second kappa shape index (κ2) is 10.2. The Morgan fingerprint density at radius 3 is 2.69 bits per heavy atom. The normalized spacial score (nSPS) is 15.7. The van der Waals surface area contributed by atoms with Gasteiger partial charge in [0.15, 0.2) is 17.5 Å². The number of hydrogen-bond donors (Lipinski definition) is 2. The Morgan fingerprint density at radius 1 is 1.16 bits per heavy atom. The Morgan fingerprint density at radius 2 is 1.94 bits per heavy atom. The Labute approximate surface area is 188 Å². The summed E-state index contributed by atoms with van der Waals surface area (Å²) in [5.41, 5.74) is 1.10. The smallest absolute Gasteiger partial charge is 0.191 e. The molecule has 2 N–H and O–H groups in total. The Bertz CT molecular complexity index is 1060. The number of guanidine groups is 1. The van der Waals surface area contributed by atoms with E-state index < -0.39 is 0 Å². The SMILES string of the molecule is CCNC(=NCc1ccc(Oc2ccccc2OC)cc1)NC1CCc2nc(C)nn2C1. The van der Waals surface area contributed by atoms with Gasteiger partial charge >= 0.3 is 0 Å². The van der Waals surface area contributed by atoms with Crippen molar-refractivity contribution < 1.29 is 9.47 Å². The topological polar surface area (TPSA) is 85.6 Å². The minimum atomic E-state index is 0.276. The van der Waals surface area contributed by atoms with Crippen molar-refractivity contribution in [3.05, 3.63) is 65.7 Å². The summed E-state index contributed by atoms with van der Waals surface area (Å²) in [7, 11) is 1.64. The molecule has 1 atom stereocenters. The Hall–Kier alpha value is -3.55. The van der Waals surface area contributed by atoms with Crippen molar-refractivity contribution in [1.29, 1.82) is 0 Å².